The van der Waals surface area contributed by atoms with Gasteiger partial charge in [-0.25, -0.2) is 10.8 Å². The maximum atomic E-state index is 5.75. The summed E-state index contributed by atoms with van der Waals surface area (Å²) in [6, 6.07) is 0.797. The van der Waals surface area contributed by atoms with Gasteiger partial charge < -0.3 is 10.1 Å². The van der Waals surface area contributed by atoms with Gasteiger partial charge in [0.2, 0.25) is 5.96 Å². The van der Waals surface area contributed by atoms with Crippen molar-refractivity contribution in [3.63, 3.8) is 0 Å². The van der Waals surface area contributed by atoms with E-state index in [4.69, 9.17) is 15.6 Å². The van der Waals surface area contributed by atoms with Crippen LogP contribution in [0.15, 0.2) is 4.99 Å². The number of rotatable bonds is 4. The molecule has 0 spiro atoms. The van der Waals surface area contributed by atoms with Gasteiger partial charge >= 0.3 is 0 Å². The molecule has 2 aliphatic rings. The van der Waals surface area contributed by atoms with E-state index in [2.05, 4.69) is 24.6 Å². The second kappa shape index (κ2) is 6.76. The number of aliphatic imine (C=N–C) groups is 1. The molecule has 20 heavy (non-hydrogen) atoms. The lowest BCUT2D eigenvalue weighted by Gasteiger charge is -2.49. The highest BCUT2D eigenvalue weighted by Gasteiger charge is 2.49. The summed E-state index contributed by atoms with van der Waals surface area (Å²) in [6.07, 6.45) is 7.69. The normalized spacial score (nSPS) is 30.7. The van der Waals surface area contributed by atoms with Crippen LogP contribution in [0.25, 0.3) is 0 Å². The molecule has 5 heteroatoms. The van der Waals surface area contributed by atoms with Gasteiger partial charge in [0.15, 0.2) is 0 Å². The number of nitrogens with two attached hydrogens (primary N) is 1. The summed E-state index contributed by atoms with van der Waals surface area (Å²) in [5.74, 6) is 6.37. The number of hydrogen-bond acceptors (Lipinski definition) is 3. The smallest absolute Gasteiger partial charge is 0.206 e. The number of guanidine groups is 1. The van der Waals surface area contributed by atoms with Crippen molar-refractivity contribution < 1.29 is 4.74 Å². The van der Waals surface area contributed by atoms with Crippen LogP contribution in [-0.4, -0.2) is 30.8 Å². The lowest BCUT2D eigenvalue weighted by Crippen LogP contribution is -2.56. The summed E-state index contributed by atoms with van der Waals surface area (Å²) in [6.45, 7) is 7.26. The summed E-state index contributed by atoms with van der Waals surface area (Å²) < 4.78 is 5.75. The Morgan fingerprint density at radius 1 is 1.30 bits per heavy atom. The standard InChI is InChI=1S/C15H30N4O/c1-4-20-13-10-12(15(13,2)3)18-14(19-16)17-11-8-6-5-7-9-11/h11-13H,4-10,16H2,1-3H3,(H2,17,18,19). The molecule has 0 heterocycles. The molecule has 2 saturated carbocycles. The van der Waals surface area contributed by atoms with Gasteiger partial charge in [-0.2, -0.15) is 0 Å². The Morgan fingerprint density at radius 3 is 2.55 bits per heavy atom. The second-order valence-electron chi connectivity index (χ2n) is 6.62. The van der Waals surface area contributed by atoms with Crippen molar-refractivity contribution in [1.82, 2.24) is 10.7 Å². The van der Waals surface area contributed by atoms with Crippen LogP contribution >= 0.6 is 0 Å². The fourth-order valence-electron chi connectivity index (χ4n) is 3.28. The number of hydrazine groups is 1. The van der Waals surface area contributed by atoms with E-state index in [-0.39, 0.29) is 11.5 Å². The molecule has 0 aromatic carbocycles. The molecule has 2 atom stereocenters. The zero-order chi connectivity index (χ0) is 14.6. The van der Waals surface area contributed by atoms with Crippen LogP contribution in [0, 0.1) is 5.41 Å². The summed E-state index contributed by atoms with van der Waals surface area (Å²) >= 11 is 0. The Hall–Kier alpha value is -0.810. The Bertz CT molecular complexity index is 337. The number of ether oxygens (including phenoxy) is 1. The van der Waals surface area contributed by atoms with Crippen LogP contribution in [-0.2, 0) is 4.74 Å². The molecule has 4 N–H and O–H groups in total. The first kappa shape index (κ1) is 15.6. The van der Waals surface area contributed by atoms with E-state index in [0.29, 0.717) is 12.1 Å². The molecule has 0 aromatic heterocycles. The summed E-state index contributed by atoms with van der Waals surface area (Å²) in [5.41, 5.74) is 2.82. The van der Waals surface area contributed by atoms with E-state index in [1.807, 2.05) is 6.92 Å². The van der Waals surface area contributed by atoms with Crippen LogP contribution in [0.3, 0.4) is 0 Å². The molecule has 116 valence electrons. The van der Waals surface area contributed by atoms with Crippen molar-refractivity contribution in [3.8, 4) is 0 Å². The van der Waals surface area contributed by atoms with Crippen LogP contribution in [0.1, 0.15) is 59.3 Å². The highest BCUT2D eigenvalue weighted by Crippen LogP contribution is 2.44. The Labute approximate surface area is 122 Å². The fourth-order valence-corrected chi connectivity index (χ4v) is 3.28. The van der Waals surface area contributed by atoms with Crippen molar-refractivity contribution in [2.75, 3.05) is 6.61 Å². The van der Waals surface area contributed by atoms with Gasteiger partial charge in [0.25, 0.3) is 0 Å². The van der Waals surface area contributed by atoms with Crippen LogP contribution in [0.4, 0.5) is 0 Å². The topological polar surface area (TPSA) is 71.7 Å². The average Bonchev–Trinajstić information content (AvgIpc) is 2.46. The quantitative estimate of drug-likeness (QED) is 0.319. The molecule has 2 rings (SSSR count). The molecule has 2 aliphatic carbocycles. The third-order valence-corrected chi connectivity index (χ3v) is 4.86. The predicted molar refractivity (Wildman–Crippen MR) is 82.4 cm³/mol. The molecule has 0 aromatic rings. The van der Waals surface area contributed by atoms with Gasteiger partial charge in [0, 0.05) is 18.1 Å². The first-order valence-electron chi connectivity index (χ1n) is 8.00. The lowest BCUT2D eigenvalue weighted by molar-refractivity contribution is -0.103. The highest BCUT2D eigenvalue weighted by molar-refractivity contribution is 5.79. The molecule has 0 radical (unpaired) electrons. The van der Waals surface area contributed by atoms with Crippen molar-refractivity contribution >= 4 is 5.96 Å². The van der Waals surface area contributed by atoms with Gasteiger partial charge in [-0.05, 0) is 26.2 Å². The molecule has 5 nitrogen and oxygen atoms in total. The maximum absolute atomic E-state index is 5.75. The molecule has 2 fully saturated rings. The second-order valence-corrected chi connectivity index (χ2v) is 6.62. The van der Waals surface area contributed by atoms with Gasteiger partial charge in [0.1, 0.15) is 0 Å². The summed E-state index contributed by atoms with van der Waals surface area (Å²) in [4.78, 5) is 4.77. The minimum absolute atomic E-state index is 0.0896. The van der Waals surface area contributed by atoms with Crippen LogP contribution < -0.4 is 16.6 Å². The molecule has 0 bridgehead atoms. The minimum Gasteiger partial charge on any atom is -0.378 e. The minimum atomic E-state index is 0.0896. The SMILES string of the molecule is CCOC1CC(N=C(NN)NC2CCCCC2)C1(C)C. The van der Waals surface area contributed by atoms with Crippen molar-refractivity contribution in [2.24, 2.45) is 16.3 Å². The van der Waals surface area contributed by atoms with Crippen LogP contribution in [0.5, 0.6) is 0 Å². The molecule has 0 saturated heterocycles. The molecule has 2 unspecified atom stereocenters. The number of nitrogens with one attached hydrogen (secondary N) is 2. The van der Waals surface area contributed by atoms with E-state index in [9.17, 15) is 0 Å². The first-order valence-corrected chi connectivity index (χ1v) is 8.00. The number of nitrogens with zero attached hydrogens (tertiary/aromatic N) is 1. The summed E-state index contributed by atoms with van der Waals surface area (Å²) in [5, 5.41) is 3.46. The third-order valence-electron chi connectivity index (χ3n) is 4.86. The van der Waals surface area contributed by atoms with Gasteiger partial charge in [-0.1, -0.05) is 33.1 Å². The van der Waals surface area contributed by atoms with E-state index >= 15 is 0 Å². The zero-order valence-corrected chi connectivity index (χ0v) is 13.1. The predicted octanol–water partition coefficient (Wildman–Crippen LogP) is 1.93. The zero-order valence-electron chi connectivity index (χ0n) is 13.1. The largest absolute Gasteiger partial charge is 0.378 e. The van der Waals surface area contributed by atoms with Crippen molar-refractivity contribution in [3.05, 3.63) is 0 Å². The molecular weight excluding hydrogens is 252 g/mol. The van der Waals surface area contributed by atoms with Crippen molar-refractivity contribution in [2.45, 2.75) is 77.5 Å². The average molecular weight is 282 g/mol. The van der Waals surface area contributed by atoms with Gasteiger partial charge in [-0.15, -0.1) is 0 Å². The Kier molecular flexibility index (Phi) is 5.27. The molecular formula is C15H30N4O. The highest BCUT2D eigenvalue weighted by atomic mass is 16.5. The van der Waals surface area contributed by atoms with E-state index < -0.39 is 0 Å². The van der Waals surface area contributed by atoms with Crippen molar-refractivity contribution in [1.29, 1.82) is 0 Å². The maximum Gasteiger partial charge on any atom is 0.206 e. The third kappa shape index (κ3) is 3.44. The van der Waals surface area contributed by atoms with Crippen LogP contribution in [0.2, 0.25) is 0 Å². The van der Waals surface area contributed by atoms with E-state index in [1.54, 1.807) is 0 Å². The monoisotopic (exact) mass is 282 g/mol. The van der Waals surface area contributed by atoms with E-state index in [0.717, 1.165) is 19.0 Å². The Balaban J connectivity index is 1.90. The van der Waals surface area contributed by atoms with Gasteiger partial charge in [0.05, 0.1) is 12.1 Å². The van der Waals surface area contributed by atoms with Gasteiger partial charge in [-0.3, -0.25) is 5.43 Å². The lowest BCUT2D eigenvalue weighted by atomic mass is 9.65. The number of hydrogen-bond donors (Lipinski definition) is 3. The fraction of sp³-hybridized carbons (Fsp3) is 0.933. The first-order chi connectivity index (χ1) is 9.57. The van der Waals surface area contributed by atoms with E-state index in [1.165, 1.54) is 32.1 Å². The summed E-state index contributed by atoms with van der Waals surface area (Å²) in [7, 11) is 0. The molecule has 0 amide bonds. The Morgan fingerprint density at radius 2 is 2.00 bits per heavy atom. The molecule has 0 aliphatic heterocycles.